The van der Waals surface area contributed by atoms with E-state index in [0.717, 1.165) is 9.91 Å². The molecule has 1 fully saturated rings. The number of amides is 4. The first-order valence-electron chi connectivity index (χ1n) is 9.81. The number of ether oxygens (including phenoxy) is 1. The molecule has 0 aliphatic carbocycles. The highest BCUT2D eigenvalue weighted by molar-refractivity contribution is 6.35. The van der Waals surface area contributed by atoms with Gasteiger partial charge in [-0.05, 0) is 30.3 Å². The zero-order chi connectivity index (χ0) is 23.4. The van der Waals surface area contributed by atoms with Crippen molar-refractivity contribution in [3.05, 3.63) is 58.6 Å². The highest BCUT2D eigenvalue weighted by Gasteiger charge is 2.45. The molecule has 0 saturated carbocycles. The number of rotatable bonds is 6. The summed E-state index contributed by atoms with van der Waals surface area (Å²) < 4.78 is 5.39. The zero-order valence-corrected chi connectivity index (χ0v) is 18.9. The number of nitrogens with one attached hydrogen (secondary N) is 1. The first kappa shape index (κ1) is 23.6. The second-order valence-corrected chi connectivity index (χ2v) is 8.23. The summed E-state index contributed by atoms with van der Waals surface area (Å²) in [6, 6.07) is 11.7. The predicted octanol–water partition coefficient (Wildman–Crippen LogP) is 3.22. The largest absolute Gasteiger partial charge is 0.482 e. The van der Waals surface area contributed by atoms with E-state index < -0.39 is 42.2 Å². The molecule has 1 atom stereocenters. The number of carbonyl (C=O) groups is 4. The Morgan fingerprint density at radius 2 is 1.84 bits per heavy atom. The van der Waals surface area contributed by atoms with Crippen molar-refractivity contribution in [2.45, 2.75) is 26.3 Å². The van der Waals surface area contributed by atoms with Gasteiger partial charge in [0.05, 0.1) is 17.1 Å². The Morgan fingerprint density at radius 1 is 1.16 bits per heavy atom. The van der Waals surface area contributed by atoms with Gasteiger partial charge in [-0.2, -0.15) is 0 Å². The van der Waals surface area contributed by atoms with Gasteiger partial charge in [0.1, 0.15) is 11.8 Å². The molecular weight excluding hydrogens is 457 g/mol. The minimum Gasteiger partial charge on any atom is -0.482 e. The van der Waals surface area contributed by atoms with Crippen LogP contribution in [-0.4, -0.2) is 41.3 Å². The number of benzene rings is 2. The second-order valence-electron chi connectivity index (χ2n) is 7.38. The van der Waals surface area contributed by atoms with E-state index in [1.54, 1.807) is 50.2 Å². The minimum absolute atomic E-state index is 0.218. The summed E-state index contributed by atoms with van der Waals surface area (Å²) >= 11 is 11.9. The number of nitrogens with zero attached hydrogens (tertiary/aromatic N) is 2. The van der Waals surface area contributed by atoms with E-state index in [-0.39, 0.29) is 17.2 Å². The van der Waals surface area contributed by atoms with Gasteiger partial charge in [0, 0.05) is 10.9 Å². The Morgan fingerprint density at radius 3 is 2.47 bits per heavy atom. The Labute approximate surface area is 195 Å². The number of imide groups is 1. The number of hydrogen-bond donors (Lipinski definition) is 1. The Balaban J connectivity index is 1.75. The summed E-state index contributed by atoms with van der Waals surface area (Å²) in [5, 5.41) is 1.55. The monoisotopic (exact) mass is 477 g/mol. The van der Waals surface area contributed by atoms with Crippen molar-refractivity contribution in [1.82, 2.24) is 10.4 Å². The molecule has 0 spiro atoms. The van der Waals surface area contributed by atoms with Crippen LogP contribution in [0.3, 0.4) is 0 Å². The van der Waals surface area contributed by atoms with Gasteiger partial charge >= 0.3 is 0 Å². The first-order chi connectivity index (χ1) is 15.2. The lowest BCUT2D eigenvalue weighted by Gasteiger charge is -2.29. The van der Waals surface area contributed by atoms with Gasteiger partial charge in [-0.25, -0.2) is 9.91 Å². The van der Waals surface area contributed by atoms with E-state index in [1.165, 1.54) is 12.1 Å². The number of carbonyl (C=O) groups excluding carboxylic acids is 4. The van der Waals surface area contributed by atoms with Crippen LogP contribution >= 0.6 is 23.2 Å². The van der Waals surface area contributed by atoms with Crippen molar-refractivity contribution < 1.29 is 23.9 Å². The maximum absolute atomic E-state index is 13.0. The van der Waals surface area contributed by atoms with Gasteiger partial charge in [0.25, 0.3) is 11.8 Å². The molecule has 8 nitrogen and oxygen atoms in total. The fourth-order valence-corrected chi connectivity index (χ4v) is 3.60. The maximum Gasteiger partial charge on any atom is 0.276 e. The number of hydrogen-bond acceptors (Lipinski definition) is 5. The number of anilines is 1. The van der Waals surface area contributed by atoms with Crippen molar-refractivity contribution in [2.24, 2.45) is 5.92 Å². The molecule has 0 bridgehead atoms. The van der Waals surface area contributed by atoms with E-state index in [1.807, 2.05) is 0 Å². The van der Waals surface area contributed by atoms with E-state index in [2.05, 4.69) is 5.43 Å². The second kappa shape index (κ2) is 10.0. The van der Waals surface area contributed by atoms with Crippen LogP contribution in [0.25, 0.3) is 0 Å². The van der Waals surface area contributed by atoms with Crippen LogP contribution in [0, 0.1) is 5.92 Å². The molecule has 1 unspecified atom stereocenters. The molecule has 3 rings (SSSR count). The molecule has 4 amide bonds. The summed E-state index contributed by atoms with van der Waals surface area (Å²) in [6.07, 6.45) is -0.254. The SMILES string of the molecule is CC(C)C(=O)N(NC(=O)COc1ccc(Cl)cc1Cl)C1CC(=O)N(c2ccccc2)C1=O. The quantitative estimate of drug-likeness (QED) is 0.508. The predicted molar refractivity (Wildman–Crippen MR) is 119 cm³/mol. The summed E-state index contributed by atoms with van der Waals surface area (Å²) in [5.41, 5.74) is 2.81. The van der Waals surface area contributed by atoms with Crippen molar-refractivity contribution in [1.29, 1.82) is 0 Å². The van der Waals surface area contributed by atoms with Crippen LogP contribution in [0.4, 0.5) is 5.69 Å². The molecule has 1 saturated heterocycles. The van der Waals surface area contributed by atoms with Gasteiger partial charge in [-0.3, -0.25) is 24.6 Å². The van der Waals surface area contributed by atoms with Gasteiger partial charge in [-0.1, -0.05) is 55.2 Å². The lowest BCUT2D eigenvalue weighted by atomic mass is 10.1. The Bertz CT molecular complexity index is 1050. The smallest absolute Gasteiger partial charge is 0.276 e. The molecule has 2 aromatic carbocycles. The molecule has 1 aliphatic rings. The number of para-hydroxylation sites is 1. The number of hydrazine groups is 1. The van der Waals surface area contributed by atoms with Gasteiger partial charge < -0.3 is 4.74 Å². The van der Waals surface area contributed by atoms with Crippen molar-refractivity contribution in [3.63, 3.8) is 0 Å². The fraction of sp³-hybridized carbons (Fsp3) is 0.273. The van der Waals surface area contributed by atoms with Gasteiger partial charge in [0.2, 0.25) is 11.8 Å². The normalized spacial score (nSPS) is 15.8. The molecule has 0 radical (unpaired) electrons. The summed E-state index contributed by atoms with van der Waals surface area (Å²) in [5.74, 6) is -2.57. The van der Waals surface area contributed by atoms with Crippen LogP contribution in [0.1, 0.15) is 20.3 Å². The standard InChI is InChI=1S/C22H21Cl2N3O5/c1-13(2)21(30)27(25-19(28)12-32-18-9-8-14(23)10-16(18)24)17-11-20(29)26(22(17)31)15-6-4-3-5-7-15/h3-10,13,17H,11-12H2,1-2H3,(H,25,28). The van der Waals surface area contributed by atoms with Crippen LogP contribution in [0.5, 0.6) is 5.75 Å². The van der Waals surface area contributed by atoms with Crippen LogP contribution < -0.4 is 15.1 Å². The van der Waals surface area contributed by atoms with Crippen molar-refractivity contribution >= 4 is 52.5 Å². The van der Waals surface area contributed by atoms with Crippen LogP contribution in [0.2, 0.25) is 10.0 Å². The fourth-order valence-electron chi connectivity index (χ4n) is 3.13. The van der Waals surface area contributed by atoms with Crippen molar-refractivity contribution in [2.75, 3.05) is 11.5 Å². The van der Waals surface area contributed by atoms with Crippen molar-refractivity contribution in [3.8, 4) is 5.75 Å². The van der Waals surface area contributed by atoms with E-state index in [9.17, 15) is 19.2 Å². The van der Waals surface area contributed by atoms with E-state index >= 15 is 0 Å². The lowest BCUT2D eigenvalue weighted by Crippen LogP contribution is -2.56. The van der Waals surface area contributed by atoms with Crippen LogP contribution in [0.15, 0.2) is 48.5 Å². The number of halogens is 2. The third-order valence-corrected chi connectivity index (χ3v) is 5.21. The highest BCUT2D eigenvalue weighted by atomic mass is 35.5. The molecule has 1 heterocycles. The highest BCUT2D eigenvalue weighted by Crippen LogP contribution is 2.28. The zero-order valence-electron chi connectivity index (χ0n) is 17.4. The third kappa shape index (κ3) is 5.20. The average Bonchev–Trinajstić information content (AvgIpc) is 3.05. The summed E-state index contributed by atoms with van der Waals surface area (Å²) in [6.45, 7) is 2.78. The van der Waals surface area contributed by atoms with Crippen LogP contribution in [-0.2, 0) is 19.2 Å². The molecule has 168 valence electrons. The molecule has 1 aliphatic heterocycles. The minimum atomic E-state index is -1.17. The van der Waals surface area contributed by atoms with E-state index in [4.69, 9.17) is 27.9 Å². The third-order valence-electron chi connectivity index (χ3n) is 4.68. The van der Waals surface area contributed by atoms with Gasteiger partial charge in [-0.15, -0.1) is 0 Å². The van der Waals surface area contributed by atoms with E-state index in [0.29, 0.717) is 10.7 Å². The first-order valence-corrected chi connectivity index (χ1v) is 10.6. The summed E-state index contributed by atoms with van der Waals surface area (Å²) in [7, 11) is 0. The van der Waals surface area contributed by atoms with Gasteiger partial charge in [0.15, 0.2) is 6.61 Å². The topological polar surface area (TPSA) is 96.0 Å². The summed E-state index contributed by atoms with van der Waals surface area (Å²) in [4.78, 5) is 51.9. The molecule has 0 aromatic heterocycles. The molecular formula is C22H21Cl2N3O5. The molecule has 2 aromatic rings. The molecule has 1 N–H and O–H groups in total. The Kier molecular flexibility index (Phi) is 7.37. The Hall–Kier alpha value is -3.10. The average molecular weight is 478 g/mol. The lowest BCUT2D eigenvalue weighted by molar-refractivity contribution is -0.150. The molecule has 10 heteroatoms. The molecule has 32 heavy (non-hydrogen) atoms. The maximum atomic E-state index is 13.0.